The molecule has 0 unspecified atom stereocenters. The van der Waals surface area contributed by atoms with Gasteiger partial charge < -0.3 is 25.1 Å². The Hall–Kier alpha value is -2.61. The lowest BCUT2D eigenvalue weighted by Gasteiger charge is -2.28. The molecule has 3 fully saturated rings. The van der Waals surface area contributed by atoms with Gasteiger partial charge in [-0.25, -0.2) is 0 Å². The second kappa shape index (κ2) is 9.90. The number of rotatable bonds is 8. The van der Waals surface area contributed by atoms with Crippen molar-refractivity contribution < 1.29 is 23.9 Å². The minimum atomic E-state index is -0.751. The van der Waals surface area contributed by atoms with Gasteiger partial charge in [0, 0.05) is 24.0 Å². The molecule has 32 heavy (non-hydrogen) atoms. The van der Waals surface area contributed by atoms with Crippen molar-refractivity contribution in [2.75, 3.05) is 19.7 Å². The molecule has 0 bridgehead atoms. The molecule has 3 aliphatic rings. The highest BCUT2D eigenvalue weighted by atomic mass is 35.5. The van der Waals surface area contributed by atoms with Crippen LogP contribution in [0.3, 0.4) is 0 Å². The molecular weight excluding hydrogens is 434 g/mol. The van der Waals surface area contributed by atoms with Crippen LogP contribution in [0.15, 0.2) is 24.3 Å². The van der Waals surface area contributed by atoms with E-state index in [0.717, 1.165) is 19.3 Å². The van der Waals surface area contributed by atoms with Gasteiger partial charge in [-0.2, -0.15) is 0 Å². The van der Waals surface area contributed by atoms with Gasteiger partial charge in [0.2, 0.25) is 11.8 Å². The number of amides is 3. The quantitative estimate of drug-likeness (QED) is 0.571. The monoisotopic (exact) mass is 461 g/mol. The largest absolute Gasteiger partial charge is 0.484 e. The molecule has 1 aromatic rings. The smallest absolute Gasteiger partial charge is 0.261 e. The Morgan fingerprint density at radius 2 is 2.03 bits per heavy atom. The zero-order valence-corrected chi connectivity index (χ0v) is 18.6. The maximum absolute atomic E-state index is 13.2. The van der Waals surface area contributed by atoms with Crippen LogP contribution in [-0.2, 0) is 19.2 Å². The maximum atomic E-state index is 13.2. The Balaban J connectivity index is 1.40. The molecule has 8 nitrogen and oxygen atoms in total. The fourth-order valence-electron chi connectivity index (χ4n) is 5.25. The third kappa shape index (κ3) is 4.90. The van der Waals surface area contributed by atoms with Gasteiger partial charge in [0.25, 0.3) is 5.91 Å². The zero-order chi connectivity index (χ0) is 22.7. The number of carbonyl (C=O) groups excluding carboxylic acids is 4. The summed E-state index contributed by atoms with van der Waals surface area (Å²) < 4.78 is 5.61. The molecule has 0 radical (unpaired) electrons. The van der Waals surface area contributed by atoms with E-state index in [4.69, 9.17) is 16.3 Å². The summed E-state index contributed by atoms with van der Waals surface area (Å²) in [6.45, 7) is 0.928. The van der Waals surface area contributed by atoms with Crippen molar-refractivity contribution in [3.8, 4) is 5.75 Å². The van der Waals surface area contributed by atoms with Crippen LogP contribution in [0, 0.1) is 17.8 Å². The number of aldehydes is 1. The Morgan fingerprint density at radius 3 is 2.72 bits per heavy atom. The van der Waals surface area contributed by atoms with Gasteiger partial charge in [-0.1, -0.05) is 18.0 Å². The summed E-state index contributed by atoms with van der Waals surface area (Å²) in [5, 5.41) is 6.12. The van der Waals surface area contributed by atoms with Crippen molar-refractivity contribution in [1.29, 1.82) is 0 Å². The Labute approximate surface area is 192 Å². The maximum Gasteiger partial charge on any atom is 0.261 e. The third-order valence-electron chi connectivity index (χ3n) is 6.85. The van der Waals surface area contributed by atoms with E-state index in [2.05, 4.69) is 10.6 Å². The van der Waals surface area contributed by atoms with E-state index in [1.54, 1.807) is 29.2 Å². The first kappa shape index (κ1) is 22.6. The minimum absolute atomic E-state index is 0.0802. The van der Waals surface area contributed by atoms with Gasteiger partial charge in [0.1, 0.15) is 18.1 Å². The molecule has 5 atom stereocenters. The first-order valence-electron chi connectivity index (χ1n) is 11.2. The van der Waals surface area contributed by atoms with Crippen LogP contribution in [0.2, 0.25) is 5.02 Å². The highest BCUT2D eigenvalue weighted by molar-refractivity contribution is 6.30. The summed E-state index contributed by atoms with van der Waals surface area (Å²) >= 11 is 5.88. The SMILES string of the molecule is O=C[C@H](C[C@@H]1CCNC1=O)NC(=O)[C@@H]1[C@H]2CCC[C@H]2CN1C(=O)COc1ccc(Cl)cc1. The van der Waals surface area contributed by atoms with Gasteiger partial charge >= 0.3 is 0 Å². The van der Waals surface area contributed by atoms with Crippen molar-refractivity contribution in [2.24, 2.45) is 17.8 Å². The van der Waals surface area contributed by atoms with Gasteiger partial charge in [0.15, 0.2) is 6.61 Å². The fraction of sp³-hybridized carbons (Fsp3) is 0.565. The Bertz CT molecular complexity index is 877. The minimum Gasteiger partial charge on any atom is -0.484 e. The van der Waals surface area contributed by atoms with Crippen LogP contribution in [0.25, 0.3) is 0 Å². The molecule has 0 aromatic heterocycles. The molecule has 1 saturated carbocycles. The van der Waals surface area contributed by atoms with Crippen molar-refractivity contribution >= 4 is 35.6 Å². The molecule has 9 heteroatoms. The lowest BCUT2D eigenvalue weighted by molar-refractivity contribution is -0.141. The summed E-state index contributed by atoms with van der Waals surface area (Å²) in [4.78, 5) is 51.3. The van der Waals surface area contributed by atoms with Crippen molar-refractivity contribution in [2.45, 2.75) is 44.2 Å². The molecule has 2 aliphatic heterocycles. The predicted molar refractivity (Wildman–Crippen MR) is 117 cm³/mol. The molecule has 1 aromatic carbocycles. The number of halogens is 1. The average Bonchev–Trinajstić information content (AvgIpc) is 3.48. The Kier molecular flexibility index (Phi) is 6.98. The number of hydrogen-bond donors (Lipinski definition) is 2. The molecule has 4 rings (SSSR count). The van der Waals surface area contributed by atoms with E-state index >= 15 is 0 Å². The number of benzene rings is 1. The Morgan fingerprint density at radius 1 is 1.25 bits per heavy atom. The third-order valence-corrected chi connectivity index (χ3v) is 7.10. The number of carbonyl (C=O) groups is 4. The van der Waals surface area contributed by atoms with Crippen LogP contribution < -0.4 is 15.4 Å². The topological polar surface area (TPSA) is 105 Å². The lowest BCUT2D eigenvalue weighted by atomic mass is 9.92. The van der Waals surface area contributed by atoms with Crippen LogP contribution >= 0.6 is 11.6 Å². The highest BCUT2D eigenvalue weighted by Crippen LogP contribution is 2.42. The number of ether oxygens (including phenoxy) is 1. The normalized spacial score (nSPS) is 27.5. The van der Waals surface area contributed by atoms with E-state index < -0.39 is 12.1 Å². The highest BCUT2D eigenvalue weighted by Gasteiger charge is 2.49. The molecular formula is C23H28ClN3O5. The molecule has 2 saturated heterocycles. The van der Waals surface area contributed by atoms with Gasteiger partial charge in [0.05, 0.1) is 6.04 Å². The summed E-state index contributed by atoms with van der Waals surface area (Å²) in [6.07, 6.45) is 4.49. The molecule has 3 amide bonds. The number of nitrogens with zero attached hydrogens (tertiary/aromatic N) is 1. The van der Waals surface area contributed by atoms with E-state index in [0.29, 0.717) is 36.6 Å². The summed E-state index contributed by atoms with van der Waals surface area (Å²) in [7, 11) is 0. The number of likely N-dealkylation sites (tertiary alicyclic amines) is 1. The fourth-order valence-corrected chi connectivity index (χ4v) is 5.38. The summed E-state index contributed by atoms with van der Waals surface area (Å²) in [5.41, 5.74) is 0. The second-order valence-corrected chi connectivity index (χ2v) is 9.29. The van der Waals surface area contributed by atoms with Crippen LogP contribution in [0.5, 0.6) is 5.75 Å². The van der Waals surface area contributed by atoms with E-state index in [9.17, 15) is 19.2 Å². The zero-order valence-electron chi connectivity index (χ0n) is 17.8. The lowest BCUT2D eigenvalue weighted by Crippen LogP contribution is -2.52. The molecule has 2 N–H and O–H groups in total. The first-order valence-corrected chi connectivity index (χ1v) is 11.5. The van der Waals surface area contributed by atoms with E-state index in [-0.39, 0.29) is 48.5 Å². The molecule has 172 valence electrons. The van der Waals surface area contributed by atoms with E-state index in [1.165, 1.54) is 0 Å². The van der Waals surface area contributed by atoms with Crippen molar-refractivity contribution in [3.05, 3.63) is 29.3 Å². The molecule has 2 heterocycles. The average molecular weight is 462 g/mol. The number of hydrogen-bond acceptors (Lipinski definition) is 5. The molecule has 0 spiro atoms. The van der Waals surface area contributed by atoms with Gasteiger partial charge in [-0.3, -0.25) is 14.4 Å². The van der Waals surface area contributed by atoms with Crippen LogP contribution in [-0.4, -0.2) is 60.7 Å². The number of fused-ring (bicyclic) bond motifs is 1. The van der Waals surface area contributed by atoms with Crippen molar-refractivity contribution in [1.82, 2.24) is 15.5 Å². The van der Waals surface area contributed by atoms with Crippen molar-refractivity contribution in [3.63, 3.8) is 0 Å². The number of nitrogens with one attached hydrogen (secondary N) is 2. The summed E-state index contributed by atoms with van der Waals surface area (Å²) in [5.74, 6) is -0.0593. The molecule has 1 aliphatic carbocycles. The van der Waals surface area contributed by atoms with Gasteiger partial charge in [-0.15, -0.1) is 0 Å². The van der Waals surface area contributed by atoms with Crippen LogP contribution in [0.1, 0.15) is 32.1 Å². The predicted octanol–water partition coefficient (Wildman–Crippen LogP) is 1.56. The van der Waals surface area contributed by atoms with Crippen LogP contribution in [0.4, 0.5) is 0 Å². The van der Waals surface area contributed by atoms with Gasteiger partial charge in [-0.05, 0) is 61.8 Å². The first-order chi connectivity index (χ1) is 15.5. The van der Waals surface area contributed by atoms with E-state index in [1.807, 2.05) is 0 Å². The summed E-state index contributed by atoms with van der Waals surface area (Å²) in [6, 6.07) is 5.37. The standard InChI is InChI=1S/C23H28ClN3O5/c24-16-4-6-18(7-5-16)32-13-20(29)27-11-15-2-1-3-19(15)21(27)23(31)26-17(12-28)10-14-8-9-25-22(14)30/h4-7,12,14-15,17,19,21H,1-3,8-11,13H2,(H,25,30)(H,26,31)/t14-,15-,17-,19-,21-/m0/s1. The second-order valence-electron chi connectivity index (χ2n) is 8.85.